The van der Waals surface area contributed by atoms with Gasteiger partial charge in [0.2, 0.25) is 0 Å². The highest BCUT2D eigenvalue weighted by molar-refractivity contribution is 5.07. The number of hydrogen-bond acceptors (Lipinski definition) is 2. The molecule has 2 fully saturated rings. The van der Waals surface area contributed by atoms with E-state index in [9.17, 15) is 0 Å². The van der Waals surface area contributed by atoms with Crippen molar-refractivity contribution in [3.8, 4) is 0 Å². The molecule has 3 N–H and O–H groups in total. The molecular weight excluding hydrogens is 124 g/mol. The van der Waals surface area contributed by atoms with Crippen molar-refractivity contribution in [2.24, 2.45) is 11.1 Å². The average molecular weight is 142 g/mol. The summed E-state index contributed by atoms with van der Waals surface area (Å²) in [5.74, 6) is 0. The molecule has 1 saturated carbocycles. The third-order valence-corrected chi connectivity index (χ3v) is 2.52. The molecule has 0 aromatic carbocycles. The van der Waals surface area contributed by atoms with Crippen LogP contribution in [0, 0.1) is 5.41 Å². The Bertz CT molecular complexity index is 108. The molecule has 2 aliphatic rings. The zero-order chi connectivity index (χ0) is 7.61. The number of nitrogens with two attached hydrogens (primary N) is 1. The second kappa shape index (κ2) is 2.89. The molecule has 10 heavy (non-hydrogen) atoms. The fraction of sp³-hybridized carbons (Fsp3) is 1.00. The Hall–Kier alpha value is -0.0800. The lowest BCUT2D eigenvalue weighted by Gasteiger charge is -2.08. The Morgan fingerprint density at radius 1 is 1.40 bits per heavy atom. The molecule has 0 amide bonds. The Morgan fingerprint density at radius 3 is 2.20 bits per heavy atom. The molecule has 2 heteroatoms. The van der Waals surface area contributed by atoms with Crippen molar-refractivity contribution >= 4 is 0 Å². The van der Waals surface area contributed by atoms with Gasteiger partial charge in [0.25, 0.3) is 0 Å². The van der Waals surface area contributed by atoms with E-state index in [0.29, 0.717) is 11.5 Å². The molecule has 2 nitrogen and oxygen atoms in total. The van der Waals surface area contributed by atoms with Crippen molar-refractivity contribution in [2.75, 3.05) is 13.1 Å². The Morgan fingerprint density at radius 2 is 2.00 bits per heavy atom. The van der Waals surface area contributed by atoms with E-state index in [1.807, 2.05) is 13.8 Å². The molecule has 0 bridgehead atoms. The molecule has 1 atom stereocenters. The van der Waals surface area contributed by atoms with Gasteiger partial charge in [0.15, 0.2) is 0 Å². The van der Waals surface area contributed by atoms with Gasteiger partial charge in [-0.3, -0.25) is 0 Å². The van der Waals surface area contributed by atoms with Crippen LogP contribution in [0.3, 0.4) is 0 Å². The van der Waals surface area contributed by atoms with Gasteiger partial charge in [-0.1, -0.05) is 13.8 Å². The maximum Gasteiger partial charge on any atom is 0.0234 e. The molecule has 60 valence electrons. The van der Waals surface area contributed by atoms with Gasteiger partial charge >= 0.3 is 0 Å². The normalized spacial score (nSPS) is 33.3. The van der Waals surface area contributed by atoms with E-state index in [2.05, 4.69) is 5.32 Å². The van der Waals surface area contributed by atoms with Gasteiger partial charge in [0.05, 0.1) is 0 Å². The van der Waals surface area contributed by atoms with E-state index < -0.39 is 0 Å². The predicted molar refractivity (Wildman–Crippen MR) is 43.9 cm³/mol. The van der Waals surface area contributed by atoms with Crippen LogP contribution in [-0.2, 0) is 0 Å². The standard InChI is InChI=1S/C6H12N2.C2H6/c7-5-3-8-4-6(5)1-2-6;1-2/h5,8H,1-4,7H2;1-2H3. The van der Waals surface area contributed by atoms with Crippen LogP contribution in [0.5, 0.6) is 0 Å². The van der Waals surface area contributed by atoms with Crippen LogP contribution >= 0.6 is 0 Å². The molecule has 1 unspecified atom stereocenters. The second-order valence-corrected chi connectivity index (χ2v) is 3.10. The quantitative estimate of drug-likeness (QED) is 0.523. The van der Waals surface area contributed by atoms with E-state index in [4.69, 9.17) is 5.73 Å². The lowest BCUT2D eigenvalue weighted by Crippen LogP contribution is -2.29. The molecule has 1 heterocycles. The predicted octanol–water partition coefficient (Wildman–Crippen LogP) is 0.723. The van der Waals surface area contributed by atoms with Crippen molar-refractivity contribution in [2.45, 2.75) is 32.7 Å². The summed E-state index contributed by atoms with van der Waals surface area (Å²) in [5.41, 5.74) is 6.38. The topological polar surface area (TPSA) is 38.0 Å². The maximum absolute atomic E-state index is 5.81. The molecule has 1 saturated heterocycles. The fourth-order valence-corrected chi connectivity index (χ4v) is 1.53. The van der Waals surface area contributed by atoms with Crippen molar-refractivity contribution in [3.63, 3.8) is 0 Å². The Labute approximate surface area is 63.2 Å². The molecule has 1 spiro atoms. The summed E-state index contributed by atoms with van der Waals surface area (Å²) in [7, 11) is 0. The number of rotatable bonds is 0. The Balaban J connectivity index is 0.000000231. The third kappa shape index (κ3) is 1.18. The zero-order valence-corrected chi connectivity index (χ0v) is 6.98. The fourth-order valence-electron chi connectivity index (χ4n) is 1.53. The van der Waals surface area contributed by atoms with Crippen LogP contribution in [0.25, 0.3) is 0 Å². The SMILES string of the molecule is CC.NC1CNCC12CC2. The van der Waals surface area contributed by atoms with E-state index in [0.717, 1.165) is 6.54 Å². The first-order valence-electron chi connectivity index (χ1n) is 4.30. The molecular formula is C8H18N2. The average Bonchev–Trinajstić information content (AvgIpc) is 2.65. The third-order valence-electron chi connectivity index (χ3n) is 2.52. The van der Waals surface area contributed by atoms with Gasteiger partial charge in [-0.15, -0.1) is 0 Å². The summed E-state index contributed by atoms with van der Waals surface area (Å²) in [6.45, 7) is 6.22. The van der Waals surface area contributed by atoms with Gasteiger partial charge in [-0.25, -0.2) is 0 Å². The van der Waals surface area contributed by atoms with Gasteiger partial charge in [-0.05, 0) is 18.3 Å². The highest BCUT2D eigenvalue weighted by Crippen LogP contribution is 2.49. The lowest BCUT2D eigenvalue weighted by molar-refractivity contribution is 0.498. The van der Waals surface area contributed by atoms with Crippen LogP contribution in [-0.4, -0.2) is 19.1 Å². The van der Waals surface area contributed by atoms with Gasteiger partial charge < -0.3 is 11.1 Å². The smallest absolute Gasteiger partial charge is 0.0234 e. The lowest BCUT2D eigenvalue weighted by atomic mass is 10.0. The van der Waals surface area contributed by atoms with Crippen molar-refractivity contribution in [3.05, 3.63) is 0 Å². The van der Waals surface area contributed by atoms with Gasteiger partial charge in [0, 0.05) is 19.1 Å². The highest BCUT2D eigenvalue weighted by atomic mass is 15.0. The van der Waals surface area contributed by atoms with Gasteiger partial charge in [-0.2, -0.15) is 0 Å². The summed E-state index contributed by atoms with van der Waals surface area (Å²) >= 11 is 0. The molecule has 1 aliphatic heterocycles. The van der Waals surface area contributed by atoms with Crippen molar-refractivity contribution in [1.82, 2.24) is 5.32 Å². The molecule has 0 radical (unpaired) electrons. The molecule has 0 aromatic rings. The molecule has 2 rings (SSSR count). The monoisotopic (exact) mass is 142 g/mol. The summed E-state index contributed by atoms with van der Waals surface area (Å²) in [6, 6.07) is 0.461. The summed E-state index contributed by atoms with van der Waals surface area (Å²) in [5, 5.41) is 3.30. The van der Waals surface area contributed by atoms with Crippen LogP contribution < -0.4 is 11.1 Å². The molecule has 1 aliphatic carbocycles. The first kappa shape index (κ1) is 8.02. The number of hydrogen-bond donors (Lipinski definition) is 2. The molecule has 0 aromatic heterocycles. The summed E-state index contributed by atoms with van der Waals surface area (Å²) in [4.78, 5) is 0. The minimum absolute atomic E-state index is 0.461. The summed E-state index contributed by atoms with van der Waals surface area (Å²) in [6.07, 6.45) is 2.72. The van der Waals surface area contributed by atoms with Crippen molar-refractivity contribution < 1.29 is 0 Å². The first-order chi connectivity index (χ1) is 4.83. The van der Waals surface area contributed by atoms with Crippen LogP contribution in [0.2, 0.25) is 0 Å². The number of nitrogens with one attached hydrogen (secondary N) is 1. The van der Waals surface area contributed by atoms with E-state index in [-0.39, 0.29) is 0 Å². The van der Waals surface area contributed by atoms with E-state index >= 15 is 0 Å². The maximum atomic E-state index is 5.81. The van der Waals surface area contributed by atoms with E-state index in [1.54, 1.807) is 0 Å². The minimum atomic E-state index is 0.461. The van der Waals surface area contributed by atoms with Gasteiger partial charge in [0.1, 0.15) is 0 Å². The Kier molecular flexibility index (Phi) is 2.32. The first-order valence-corrected chi connectivity index (χ1v) is 4.30. The minimum Gasteiger partial charge on any atom is -0.326 e. The zero-order valence-electron chi connectivity index (χ0n) is 6.98. The van der Waals surface area contributed by atoms with Crippen LogP contribution in [0.4, 0.5) is 0 Å². The second-order valence-electron chi connectivity index (χ2n) is 3.10. The highest BCUT2D eigenvalue weighted by Gasteiger charge is 2.50. The van der Waals surface area contributed by atoms with Crippen LogP contribution in [0.15, 0.2) is 0 Å². The van der Waals surface area contributed by atoms with Crippen LogP contribution in [0.1, 0.15) is 26.7 Å². The van der Waals surface area contributed by atoms with E-state index in [1.165, 1.54) is 19.4 Å². The van der Waals surface area contributed by atoms with Crippen molar-refractivity contribution in [1.29, 1.82) is 0 Å². The summed E-state index contributed by atoms with van der Waals surface area (Å²) < 4.78 is 0. The largest absolute Gasteiger partial charge is 0.326 e.